The van der Waals surface area contributed by atoms with Crippen molar-refractivity contribution in [1.29, 1.82) is 0 Å². The van der Waals surface area contributed by atoms with E-state index in [-0.39, 0.29) is 5.69 Å². The number of amides is 1. The number of carbonyl (C=O) groups is 1. The van der Waals surface area contributed by atoms with Gasteiger partial charge in [-0.25, -0.2) is 0 Å². The molecule has 110 valence electrons. The van der Waals surface area contributed by atoms with Crippen molar-refractivity contribution in [3.05, 3.63) is 24.0 Å². The number of nitrogens with one attached hydrogen (secondary N) is 1. The molecule has 1 aliphatic heterocycles. The third kappa shape index (κ3) is 3.70. The van der Waals surface area contributed by atoms with Crippen molar-refractivity contribution in [2.45, 2.75) is 32.8 Å². The highest BCUT2D eigenvalue weighted by Gasteiger charge is 2.28. The standard InChI is InChI=1S/C15H23N3O2/c1-10(2)14-11(4-3-7-20-14)9-18-12-5-6-17-13(8-12)15(16)19/h5-6,8,10-11,14H,3-4,7,9H2,1-2H3,(H2,16,19)(H,17,18). The van der Waals surface area contributed by atoms with E-state index in [1.165, 1.54) is 6.42 Å². The lowest BCUT2D eigenvalue weighted by atomic mass is 9.87. The number of aromatic nitrogens is 1. The molecule has 2 rings (SSSR count). The van der Waals surface area contributed by atoms with Gasteiger partial charge in [0.25, 0.3) is 5.91 Å². The highest BCUT2D eigenvalue weighted by Crippen LogP contribution is 2.26. The average Bonchev–Trinajstić information content (AvgIpc) is 2.45. The predicted molar refractivity (Wildman–Crippen MR) is 78.5 cm³/mol. The molecule has 5 heteroatoms. The first-order valence-corrected chi connectivity index (χ1v) is 7.19. The molecule has 0 bridgehead atoms. The second-order valence-electron chi connectivity index (χ2n) is 5.66. The number of pyridine rings is 1. The lowest BCUT2D eigenvalue weighted by Gasteiger charge is -2.34. The van der Waals surface area contributed by atoms with Crippen molar-refractivity contribution in [3.8, 4) is 0 Å². The normalized spacial score (nSPS) is 22.8. The van der Waals surface area contributed by atoms with Crippen LogP contribution in [0.4, 0.5) is 5.69 Å². The minimum Gasteiger partial charge on any atom is -0.385 e. The predicted octanol–water partition coefficient (Wildman–Crippen LogP) is 2.04. The Labute approximate surface area is 119 Å². The van der Waals surface area contributed by atoms with E-state index >= 15 is 0 Å². The van der Waals surface area contributed by atoms with E-state index in [0.717, 1.165) is 25.3 Å². The average molecular weight is 277 g/mol. The van der Waals surface area contributed by atoms with Gasteiger partial charge < -0.3 is 15.8 Å². The highest BCUT2D eigenvalue weighted by molar-refractivity contribution is 5.91. The third-order valence-corrected chi connectivity index (χ3v) is 3.73. The molecule has 3 N–H and O–H groups in total. The minimum absolute atomic E-state index is 0.287. The Bertz CT molecular complexity index is 462. The van der Waals surface area contributed by atoms with Gasteiger partial charge in [-0.05, 0) is 30.9 Å². The monoisotopic (exact) mass is 277 g/mol. The molecule has 1 saturated heterocycles. The topological polar surface area (TPSA) is 77.2 Å². The van der Waals surface area contributed by atoms with Gasteiger partial charge in [0.15, 0.2) is 0 Å². The molecule has 1 fully saturated rings. The summed E-state index contributed by atoms with van der Waals surface area (Å²) in [5.41, 5.74) is 6.40. The van der Waals surface area contributed by atoms with Gasteiger partial charge in [0.1, 0.15) is 5.69 Å². The largest absolute Gasteiger partial charge is 0.385 e. The lowest BCUT2D eigenvalue weighted by molar-refractivity contribution is -0.0480. The summed E-state index contributed by atoms with van der Waals surface area (Å²) >= 11 is 0. The summed E-state index contributed by atoms with van der Waals surface area (Å²) in [5.74, 6) is 0.504. The van der Waals surface area contributed by atoms with E-state index in [1.54, 1.807) is 12.3 Å². The van der Waals surface area contributed by atoms with Crippen LogP contribution in [0.5, 0.6) is 0 Å². The van der Waals surface area contributed by atoms with Crippen molar-refractivity contribution in [2.24, 2.45) is 17.6 Å². The van der Waals surface area contributed by atoms with Gasteiger partial charge in [-0.2, -0.15) is 0 Å². The Morgan fingerprint density at radius 1 is 1.60 bits per heavy atom. The fourth-order valence-electron chi connectivity index (χ4n) is 2.74. The van der Waals surface area contributed by atoms with Crippen molar-refractivity contribution < 1.29 is 9.53 Å². The maximum atomic E-state index is 11.1. The zero-order chi connectivity index (χ0) is 14.5. The van der Waals surface area contributed by atoms with E-state index in [9.17, 15) is 4.79 Å². The van der Waals surface area contributed by atoms with Crippen LogP contribution in [0.15, 0.2) is 18.3 Å². The zero-order valence-electron chi connectivity index (χ0n) is 12.1. The van der Waals surface area contributed by atoms with Crippen LogP contribution in [-0.2, 0) is 4.74 Å². The number of carbonyl (C=O) groups excluding carboxylic acids is 1. The first-order valence-electron chi connectivity index (χ1n) is 7.19. The molecule has 0 radical (unpaired) electrons. The van der Waals surface area contributed by atoms with Gasteiger partial charge in [0, 0.05) is 31.0 Å². The van der Waals surface area contributed by atoms with Gasteiger partial charge in [-0.1, -0.05) is 13.8 Å². The molecule has 1 aliphatic rings. The van der Waals surface area contributed by atoms with Gasteiger partial charge in [0.05, 0.1) is 6.10 Å². The fourth-order valence-corrected chi connectivity index (χ4v) is 2.74. The van der Waals surface area contributed by atoms with E-state index in [2.05, 4.69) is 24.1 Å². The number of ether oxygens (including phenoxy) is 1. The third-order valence-electron chi connectivity index (χ3n) is 3.73. The molecule has 1 aromatic rings. The van der Waals surface area contributed by atoms with E-state index in [1.807, 2.05) is 6.07 Å². The molecule has 1 aromatic heterocycles. The molecule has 1 amide bonds. The van der Waals surface area contributed by atoms with Crippen LogP contribution in [0.25, 0.3) is 0 Å². The molecule has 2 unspecified atom stereocenters. The molecule has 0 aromatic carbocycles. The summed E-state index contributed by atoms with van der Waals surface area (Å²) in [7, 11) is 0. The van der Waals surface area contributed by atoms with Gasteiger partial charge in [0.2, 0.25) is 0 Å². The van der Waals surface area contributed by atoms with Crippen LogP contribution in [0, 0.1) is 11.8 Å². The first kappa shape index (κ1) is 14.8. The van der Waals surface area contributed by atoms with Gasteiger partial charge in [-0.3, -0.25) is 9.78 Å². The van der Waals surface area contributed by atoms with Crippen molar-refractivity contribution in [3.63, 3.8) is 0 Å². The fraction of sp³-hybridized carbons (Fsp3) is 0.600. The summed E-state index contributed by atoms with van der Waals surface area (Å²) in [4.78, 5) is 15.1. The number of anilines is 1. The summed E-state index contributed by atoms with van der Waals surface area (Å²) in [6.45, 7) is 6.09. The van der Waals surface area contributed by atoms with E-state index in [4.69, 9.17) is 10.5 Å². The summed E-state index contributed by atoms with van der Waals surface area (Å²) in [6, 6.07) is 3.54. The molecule has 20 heavy (non-hydrogen) atoms. The molecular formula is C15H23N3O2. The van der Waals surface area contributed by atoms with Crippen molar-refractivity contribution in [2.75, 3.05) is 18.5 Å². The molecular weight excluding hydrogens is 254 g/mol. The highest BCUT2D eigenvalue weighted by atomic mass is 16.5. The van der Waals surface area contributed by atoms with E-state index < -0.39 is 5.91 Å². The van der Waals surface area contributed by atoms with Crippen LogP contribution in [-0.4, -0.2) is 30.1 Å². The molecule has 0 saturated carbocycles. The quantitative estimate of drug-likeness (QED) is 0.863. The molecule has 0 spiro atoms. The second kappa shape index (κ2) is 6.70. The van der Waals surface area contributed by atoms with Gasteiger partial charge in [-0.15, -0.1) is 0 Å². The van der Waals surface area contributed by atoms with Crippen molar-refractivity contribution >= 4 is 11.6 Å². The van der Waals surface area contributed by atoms with E-state index in [0.29, 0.717) is 17.9 Å². The number of primary amides is 1. The van der Waals surface area contributed by atoms with Crippen LogP contribution >= 0.6 is 0 Å². The number of hydrogen-bond donors (Lipinski definition) is 2. The van der Waals surface area contributed by atoms with Crippen LogP contribution < -0.4 is 11.1 Å². The number of nitrogens with zero attached hydrogens (tertiary/aromatic N) is 1. The lowest BCUT2D eigenvalue weighted by Crippen LogP contribution is -2.37. The Morgan fingerprint density at radius 3 is 3.10 bits per heavy atom. The Balaban J connectivity index is 1.96. The van der Waals surface area contributed by atoms with Gasteiger partial charge >= 0.3 is 0 Å². The Kier molecular flexibility index (Phi) is 4.95. The number of rotatable bonds is 5. The molecule has 0 aliphatic carbocycles. The molecule has 2 atom stereocenters. The Hall–Kier alpha value is -1.62. The van der Waals surface area contributed by atoms with Crippen LogP contribution in [0.3, 0.4) is 0 Å². The molecule has 2 heterocycles. The Morgan fingerprint density at radius 2 is 2.40 bits per heavy atom. The maximum Gasteiger partial charge on any atom is 0.267 e. The summed E-state index contributed by atoms with van der Waals surface area (Å²) in [6.07, 6.45) is 4.18. The van der Waals surface area contributed by atoms with Crippen LogP contribution in [0.2, 0.25) is 0 Å². The number of hydrogen-bond acceptors (Lipinski definition) is 4. The smallest absolute Gasteiger partial charge is 0.267 e. The zero-order valence-corrected chi connectivity index (χ0v) is 12.1. The summed E-state index contributed by atoms with van der Waals surface area (Å²) < 4.78 is 5.88. The SMILES string of the molecule is CC(C)C1OCCCC1CNc1ccnc(C(N)=O)c1. The van der Waals surface area contributed by atoms with Crippen LogP contribution in [0.1, 0.15) is 37.2 Å². The minimum atomic E-state index is -0.505. The summed E-state index contributed by atoms with van der Waals surface area (Å²) in [5, 5.41) is 3.37. The van der Waals surface area contributed by atoms with Crippen molar-refractivity contribution in [1.82, 2.24) is 4.98 Å². The first-order chi connectivity index (χ1) is 9.58. The number of nitrogens with two attached hydrogens (primary N) is 1. The molecule has 5 nitrogen and oxygen atoms in total. The maximum absolute atomic E-state index is 11.1. The second-order valence-corrected chi connectivity index (χ2v) is 5.66.